The van der Waals surface area contributed by atoms with Crippen LogP contribution in [0.5, 0.6) is 0 Å². The molecule has 0 radical (unpaired) electrons. The summed E-state index contributed by atoms with van der Waals surface area (Å²) < 4.78 is 10.7. The fourth-order valence-corrected chi connectivity index (χ4v) is 3.40. The molecule has 0 aliphatic carbocycles. The Hall–Kier alpha value is -1.77. The quantitative estimate of drug-likeness (QED) is 0.612. The summed E-state index contributed by atoms with van der Waals surface area (Å²) in [5, 5.41) is 0. The van der Waals surface area contributed by atoms with Gasteiger partial charge in [-0.25, -0.2) is 4.79 Å². The molecule has 0 saturated heterocycles. The van der Waals surface area contributed by atoms with Crippen LogP contribution in [0.15, 0.2) is 37.9 Å². The third-order valence-corrected chi connectivity index (χ3v) is 7.30. The third kappa shape index (κ3) is 3.53. The molecule has 2 aromatic rings. The van der Waals surface area contributed by atoms with E-state index in [1.807, 2.05) is 6.92 Å². The first kappa shape index (κ1) is 21.5. The Kier molecular flexibility index (Phi) is 5.33. The number of hydrogen-bond acceptors (Lipinski definition) is 3. The van der Waals surface area contributed by atoms with E-state index in [2.05, 4.69) is 86.6 Å². The molecule has 2 rings (SSSR count). The normalized spacial score (nSPS) is 13.9. The molecule has 0 amide bonds. The minimum atomic E-state index is -0.618. The van der Waals surface area contributed by atoms with E-state index in [0.29, 0.717) is 17.9 Å². The van der Waals surface area contributed by atoms with Crippen LogP contribution in [0.25, 0.3) is 0 Å². The van der Waals surface area contributed by atoms with Gasteiger partial charge in [0.25, 0.3) is 0 Å². The van der Waals surface area contributed by atoms with E-state index in [1.165, 1.54) is 11.1 Å². The maximum atomic E-state index is 11.7. The Bertz CT molecular complexity index is 837. The van der Waals surface area contributed by atoms with E-state index in [9.17, 15) is 4.79 Å². The lowest BCUT2D eigenvalue weighted by Gasteiger charge is -2.42. The molecule has 0 unspecified atom stereocenters. The summed E-state index contributed by atoms with van der Waals surface area (Å²) in [5.41, 5.74) is 2.13. The second-order valence-corrected chi connectivity index (χ2v) is 10.3. The van der Waals surface area contributed by atoms with Crippen molar-refractivity contribution in [2.75, 3.05) is 0 Å². The highest BCUT2D eigenvalue weighted by Crippen LogP contribution is 2.46. The van der Waals surface area contributed by atoms with Crippen LogP contribution in [0, 0.1) is 5.41 Å². The fraction of sp³-hybridized carbons (Fsp3) is 0.625. The molecular formula is C24H36O3. The molecule has 0 aliphatic rings. The number of benzene rings is 1. The Labute approximate surface area is 164 Å². The third-order valence-electron chi connectivity index (χ3n) is 7.30. The predicted octanol–water partition coefficient (Wildman–Crippen LogP) is 6.37. The summed E-state index contributed by atoms with van der Waals surface area (Å²) in [7, 11) is 0. The van der Waals surface area contributed by atoms with Gasteiger partial charge in [-0.05, 0) is 22.0 Å². The van der Waals surface area contributed by atoms with Gasteiger partial charge in [0.1, 0.15) is 5.76 Å². The van der Waals surface area contributed by atoms with Crippen molar-refractivity contribution in [2.45, 2.75) is 91.9 Å². The van der Waals surface area contributed by atoms with Gasteiger partial charge >= 0.3 is 5.82 Å². The van der Waals surface area contributed by atoms with Crippen LogP contribution in [-0.2, 0) is 22.7 Å². The highest BCUT2D eigenvalue weighted by molar-refractivity contribution is 5.37. The van der Waals surface area contributed by atoms with Crippen molar-refractivity contribution in [3.05, 3.63) is 57.5 Å². The average Bonchev–Trinajstić information content (AvgIpc) is 2.95. The van der Waals surface area contributed by atoms with Crippen LogP contribution in [0.1, 0.15) is 91.9 Å². The Balaban J connectivity index is 2.48. The Morgan fingerprint density at radius 2 is 1.15 bits per heavy atom. The Morgan fingerprint density at radius 3 is 1.56 bits per heavy atom. The zero-order valence-corrected chi connectivity index (χ0v) is 18.7. The minimum absolute atomic E-state index is 0.0674. The van der Waals surface area contributed by atoms with Crippen molar-refractivity contribution in [3.63, 3.8) is 0 Å². The van der Waals surface area contributed by atoms with Gasteiger partial charge < -0.3 is 8.83 Å². The lowest BCUT2D eigenvalue weighted by Crippen LogP contribution is -2.41. The summed E-state index contributed by atoms with van der Waals surface area (Å²) in [6, 6.07) is 8.91. The molecule has 0 saturated carbocycles. The van der Waals surface area contributed by atoms with E-state index in [-0.39, 0.29) is 16.2 Å². The average molecular weight is 373 g/mol. The first-order valence-electron chi connectivity index (χ1n) is 9.90. The van der Waals surface area contributed by atoms with Crippen LogP contribution >= 0.6 is 0 Å². The molecule has 0 aliphatic heterocycles. The molecule has 0 spiro atoms. The van der Waals surface area contributed by atoms with Crippen molar-refractivity contribution in [1.29, 1.82) is 0 Å². The van der Waals surface area contributed by atoms with Gasteiger partial charge in [0.2, 0.25) is 0 Å². The zero-order valence-electron chi connectivity index (χ0n) is 18.7. The van der Waals surface area contributed by atoms with Gasteiger partial charge in [0.15, 0.2) is 5.76 Å². The van der Waals surface area contributed by atoms with Crippen molar-refractivity contribution >= 4 is 0 Å². The van der Waals surface area contributed by atoms with Crippen molar-refractivity contribution in [2.24, 2.45) is 5.41 Å². The van der Waals surface area contributed by atoms with Gasteiger partial charge in [0.05, 0.1) is 0 Å². The van der Waals surface area contributed by atoms with Gasteiger partial charge in [0, 0.05) is 17.3 Å². The second-order valence-electron chi connectivity index (χ2n) is 10.3. The minimum Gasteiger partial charge on any atom is -0.396 e. The second kappa shape index (κ2) is 6.68. The lowest BCUT2D eigenvalue weighted by molar-refractivity contribution is 0.224. The van der Waals surface area contributed by atoms with Crippen LogP contribution in [0.2, 0.25) is 0 Å². The number of aryl methyl sites for hydroxylation is 1. The van der Waals surface area contributed by atoms with Gasteiger partial charge in [-0.15, -0.1) is 0 Å². The summed E-state index contributed by atoms with van der Waals surface area (Å²) in [6.45, 7) is 22.0. The van der Waals surface area contributed by atoms with Crippen molar-refractivity contribution in [3.8, 4) is 0 Å². The van der Waals surface area contributed by atoms with E-state index in [0.717, 1.165) is 0 Å². The summed E-state index contributed by atoms with van der Waals surface area (Å²) in [4.78, 5) is 11.7. The molecule has 1 heterocycles. The molecule has 27 heavy (non-hydrogen) atoms. The Morgan fingerprint density at radius 1 is 0.704 bits per heavy atom. The molecule has 150 valence electrons. The van der Waals surface area contributed by atoms with Gasteiger partial charge in [-0.1, -0.05) is 93.5 Å². The number of hydrogen-bond donors (Lipinski definition) is 0. The maximum absolute atomic E-state index is 11.7. The van der Waals surface area contributed by atoms with Crippen LogP contribution in [-0.4, -0.2) is 0 Å². The molecular weight excluding hydrogens is 336 g/mol. The predicted molar refractivity (Wildman–Crippen MR) is 112 cm³/mol. The standard InChI is InChI=1S/C24H36O3/c1-11-18-19(27-20(25)26-18)24(9,10)23(7,8)17-14-12-16(13-15-17)22(5,6)21(2,3)4/h12-15H,11H2,1-10H3. The SMILES string of the molecule is CCc1oc(=O)oc1C(C)(C)C(C)(C)c1ccc(C(C)(C)C(C)(C)C)cc1. The summed E-state index contributed by atoms with van der Waals surface area (Å²) >= 11 is 0. The zero-order chi connectivity index (χ0) is 20.8. The summed E-state index contributed by atoms with van der Waals surface area (Å²) in [6.07, 6.45) is 0.638. The fourth-order valence-electron chi connectivity index (χ4n) is 3.40. The molecule has 0 N–H and O–H groups in total. The molecule has 3 heteroatoms. The molecule has 1 aromatic carbocycles. The van der Waals surface area contributed by atoms with Crippen molar-refractivity contribution < 1.29 is 8.83 Å². The molecule has 0 bridgehead atoms. The first-order chi connectivity index (χ1) is 12.2. The van der Waals surface area contributed by atoms with E-state index in [1.54, 1.807) is 0 Å². The van der Waals surface area contributed by atoms with E-state index in [4.69, 9.17) is 8.83 Å². The van der Waals surface area contributed by atoms with E-state index < -0.39 is 11.2 Å². The van der Waals surface area contributed by atoms with E-state index >= 15 is 0 Å². The largest absolute Gasteiger partial charge is 0.519 e. The van der Waals surface area contributed by atoms with Gasteiger partial charge in [-0.3, -0.25) is 0 Å². The van der Waals surface area contributed by atoms with Crippen molar-refractivity contribution in [1.82, 2.24) is 0 Å². The maximum Gasteiger partial charge on any atom is 0.519 e. The monoisotopic (exact) mass is 372 g/mol. The van der Waals surface area contributed by atoms with Gasteiger partial charge in [-0.2, -0.15) is 0 Å². The van der Waals surface area contributed by atoms with Crippen LogP contribution < -0.4 is 5.82 Å². The smallest absolute Gasteiger partial charge is 0.396 e. The van der Waals surface area contributed by atoms with Crippen LogP contribution in [0.3, 0.4) is 0 Å². The lowest BCUT2D eigenvalue weighted by atomic mass is 9.61. The molecule has 1 aromatic heterocycles. The summed E-state index contributed by atoms with van der Waals surface area (Å²) in [5.74, 6) is 0.677. The van der Waals surface area contributed by atoms with Crippen LogP contribution in [0.4, 0.5) is 0 Å². The molecule has 0 fully saturated rings. The highest BCUT2D eigenvalue weighted by Gasteiger charge is 2.44. The number of rotatable bonds is 5. The first-order valence-corrected chi connectivity index (χ1v) is 9.90. The highest BCUT2D eigenvalue weighted by atomic mass is 16.6. The topological polar surface area (TPSA) is 43.4 Å². The molecule has 0 atom stereocenters. The molecule has 3 nitrogen and oxygen atoms in total.